The zero-order valence-electron chi connectivity index (χ0n) is 16.0. The molecule has 0 aliphatic carbocycles. The average Bonchev–Trinajstić information content (AvgIpc) is 3.06. The number of benzene rings is 1. The lowest BCUT2D eigenvalue weighted by molar-refractivity contribution is -0.147. The highest BCUT2D eigenvalue weighted by Crippen LogP contribution is 2.35. The molecule has 1 atom stereocenters. The molecule has 3 rings (SSSR count). The number of H-pyrrole nitrogens is 1. The molecule has 1 N–H and O–H groups in total. The molecule has 146 valence electrons. The molecule has 0 aliphatic heterocycles. The summed E-state index contributed by atoms with van der Waals surface area (Å²) < 4.78 is 5.55. The number of ether oxygens (including phenoxy) is 1. The molecule has 28 heavy (non-hydrogen) atoms. The molecule has 0 saturated carbocycles. The standard InChI is InChI=1S/C21H22ClN3O2S/c1-13(2)19-21(28-17-9-6-7-15(22)11-17)25-20(24-19)18(27-14(3)26)12-16-8-4-5-10-23-16/h4-11,13,18H,12H2,1-3H3,(H,24,25). The molecule has 2 heterocycles. The first-order chi connectivity index (χ1) is 13.4. The number of carbonyl (C=O) groups is 1. The van der Waals surface area contributed by atoms with E-state index < -0.39 is 6.10 Å². The lowest BCUT2D eigenvalue weighted by Gasteiger charge is -2.14. The van der Waals surface area contributed by atoms with Crippen molar-refractivity contribution in [2.75, 3.05) is 0 Å². The molecule has 0 aliphatic rings. The number of imidazole rings is 1. The lowest BCUT2D eigenvalue weighted by Crippen LogP contribution is -2.13. The van der Waals surface area contributed by atoms with Crippen LogP contribution in [0, 0.1) is 0 Å². The van der Waals surface area contributed by atoms with Crippen LogP contribution in [0.25, 0.3) is 0 Å². The van der Waals surface area contributed by atoms with Crippen molar-refractivity contribution < 1.29 is 9.53 Å². The lowest BCUT2D eigenvalue weighted by atomic mass is 10.1. The molecule has 0 saturated heterocycles. The van der Waals surface area contributed by atoms with Crippen molar-refractivity contribution >= 4 is 29.3 Å². The Kier molecular flexibility index (Phi) is 6.75. The first-order valence-electron chi connectivity index (χ1n) is 9.02. The average molecular weight is 416 g/mol. The second-order valence-electron chi connectivity index (χ2n) is 6.68. The molecule has 0 radical (unpaired) electrons. The van der Waals surface area contributed by atoms with Crippen LogP contribution in [0.1, 0.15) is 50.0 Å². The van der Waals surface area contributed by atoms with Crippen LogP contribution < -0.4 is 0 Å². The summed E-state index contributed by atoms with van der Waals surface area (Å²) >= 11 is 7.65. The second-order valence-corrected chi connectivity index (χ2v) is 8.18. The molecule has 0 spiro atoms. The zero-order chi connectivity index (χ0) is 20.1. The Morgan fingerprint density at radius 2 is 2.07 bits per heavy atom. The number of hydrogen-bond acceptors (Lipinski definition) is 5. The highest BCUT2D eigenvalue weighted by Gasteiger charge is 2.24. The molecule has 2 aromatic heterocycles. The second kappa shape index (κ2) is 9.26. The Morgan fingerprint density at radius 3 is 2.71 bits per heavy atom. The molecule has 1 unspecified atom stereocenters. The summed E-state index contributed by atoms with van der Waals surface area (Å²) in [6.45, 7) is 5.59. The summed E-state index contributed by atoms with van der Waals surface area (Å²) in [5.74, 6) is 0.498. The number of nitrogens with zero attached hydrogens (tertiary/aromatic N) is 2. The van der Waals surface area contributed by atoms with Crippen molar-refractivity contribution in [2.24, 2.45) is 0 Å². The van der Waals surface area contributed by atoms with Crippen LogP contribution in [0.5, 0.6) is 0 Å². The van der Waals surface area contributed by atoms with Gasteiger partial charge in [0.25, 0.3) is 0 Å². The normalized spacial score (nSPS) is 12.2. The van der Waals surface area contributed by atoms with Gasteiger partial charge in [-0.1, -0.05) is 49.3 Å². The molecular formula is C21H22ClN3O2S. The Morgan fingerprint density at radius 1 is 1.25 bits per heavy atom. The van der Waals surface area contributed by atoms with Crippen LogP contribution in [0.2, 0.25) is 5.02 Å². The molecule has 1 aromatic carbocycles. The highest BCUT2D eigenvalue weighted by atomic mass is 35.5. The van der Waals surface area contributed by atoms with Crippen molar-refractivity contribution in [1.82, 2.24) is 15.0 Å². The third kappa shape index (κ3) is 5.36. The van der Waals surface area contributed by atoms with Gasteiger partial charge in [0.2, 0.25) is 0 Å². The third-order valence-electron chi connectivity index (χ3n) is 4.04. The fraction of sp³-hybridized carbons (Fsp3) is 0.286. The Balaban J connectivity index is 1.92. The maximum absolute atomic E-state index is 11.7. The Labute approximate surface area is 173 Å². The van der Waals surface area contributed by atoms with Gasteiger partial charge in [-0.25, -0.2) is 4.98 Å². The number of pyridine rings is 1. The Bertz CT molecular complexity index is 944. The van der Waals surface area contributed by atoms with E-state index in [-0.39, 0.29) is 11.9 Å². The summed E-state index contributed by atoms with van der Waals surface area (Å²) in [5, 5.41) is 1.53. The van der Waals surface area contributed by atoms with Crippen LogP contribution in [0.15, 0.2) is 58.6 Å². The number of esters is 1. The Hall–Kier alpha value is -2.31. The van der Waals surface area contributed by atoms with Gasteiger partial charge in [-0.15, -0.1) is 0 Å². The number of carbonyl (C=O) groups excluding carboxylic acids is 1. The summed E-state index contributed by atoms with van der Waals surface area (Å²) in [6, 6.07) is 13.3. The summed E-state index contributed by atoms with van der Waals surface area (Å²) in [6.07, 6.45) is 1.65. The topological polar surface area (TPSA) is 67.9 Å². The molecule has 3 aromatic rings. The minimum Gasteiger partial charge on any atom is -0.454 e. The van der Waals surface area contributed by atoms with E-state index in [4.69, 9.17) is 21.3 Å². The fourth-order valence-electron chi connectivity index (χ4n) is 2.76. The van der Waals surface area contributed by atoms with E-state index in [1.807, 2.05) is 42.5 Å². The number of hydrogen-bond donors (Lipinski definition) is 1. The first kappa shape index (κ1) is 20.4. The number of halogens is 1. The van der Waals surface area contributed by atoms with Gasteiger partial charge in [0.1, 0.15) is 10.9 Å². The van der Waals surface area contributed by atoms with E-state index >= 15 is 0 Å². The third-order valence-corrected chi connectivity index (χ3v) is 5.27. The van der Waals surface area contributed by atoms with Crippen molar-refractivity contribution in [3.63, 3.8) is 0 Å². The van der Waals surface area contributed by atoms with Crippen LogP contribution >= 0.6 is 23.4 Å². The summed E-state index contributed by atoms with van der Waals surface area (Å²) in [4.78, 5) is 25.1. The predicted molar refractivity (Wildman–Crippen MR) is 111 cm³/mol. The maximum atomic E-state index is 11.7. The van der Waals surface area contributed by atoms with E-state index in [2.05, 4.69) is 23.8 Å². The minimum absolute atomic E-state index is 0.232. The molecule has 0 fully saturated rings. The maximum Gasteiger partial charge on any atom is 0.303 e. The quantitative estimate of drug-likeness (QED) is 0.510. The van der Waals surface area contributed by atoms with Gasteiger partial charge in [0.15, 0.2) is 6.10 Å². The molecule has 7 heteroatoms. The van der Waals surface area contributed by atoms with Gasteiger partial charge in [0.05, 0.1) is 5.69 Å². The fourth-order valence-corrected chi connectivity index (χ4v) is 4.11. The number of aromatic amines is 1. The summed E-state index contributed by atoms with van der Waals surface area (Å²) in [5.41, 5.74) is 1.83. The van der Waals surface area contributed by atoms with Crippen LogP contribution in [0.3, 0.4) is 0 Å². The van der Waals surface area contributed by atoms with Crippen LogP contribution in [-0.2, 0) is 16.0 Å². The van der Waals surface area contributed by atoms with Crippen molar-refractivity contribution in [1.29, 1.82) is 0 Å². The number of nitrogens with one attached hydrogen (secondary N) is 1. The monoisotopic (exact) mass is 415 g/mol. The van der Waals surface area contributed by atoms with E-state index in [0.29, 0.717) is 17.3 Å². The smallest absolute Gasteiger partial charge is 0.303 e. The molecule has 0 amide bonds. The minimum atomic E-state index is -0.529. The highest BCUT2D eigenvalue weighted by molar-refractivity contribution is 7.99. The van der Waals surface area contributed by atoms with Crippen LogP contribution in [0.4, 0.5) is 0 Å². The van der Waals surface area contributed by atoms with E-state index in [9.17, 15) is 4.79 Å². The van der Waals surface area contributed by atoms with E-state index in [0.717, 1.165) is 21.3 Å². The van der Waals surface area contributed by atoms with E-state index in [1.165, 1.54) is 18.7 Å². The van der Waals surface area contributed by atoms with Gasteiger partial charge in [0, 0.05) is 35.2 Å². The summed E-state index contributed by atoms with van der Waals surface area (Å²) in [7, 11) is 0. The van der Waals surface area contributed by atoms with Crippen molar-refractivity contribution in [2.45, 2.75) is 49.1 Å². The number of rotatable bonds is 7. The predicted octanol–water partition coefficient (Wildman–Crippen LogP) is 5.58. The van der Waals surface area contributed by atoms with Crippen molar-refractivity contribution in [3.05, 3.63) is 70.9 Å². The molecular weight excluding hydrogens is 394 g/mol. The van der Waals surface area contributed by atoms with Gasteiger partial charge in [-0.3, -0.25) is 9.78 Å². The molecule has 5 nitrogen and oxygen atoms in total. The van der Waals surface area contributed by atoms with Gasteiger partial charge in [-0.05, 0) is 36.2 Å². The first-order valence-corrected chi connectivity index (χ1v) is 10.2. The van der Waals surface area contributed by atoms with Gasteiger partial charge in [-0.2, -0.15) is 0 Å². The largest absolute Gasteiger partial charge is 0.454 e. The van der Waals surface area contributed by atoms with Crippen molar-refractivity contribution in [3.8, 4) is 0 Å². The zero-order valence-corrected chi connectivity index (χ0v) is 17.6. The molecule has 0 bridgehead atoms. The number of aromatic nitrogens is 3. The SMILES string of the molecule is CC(=O)OC(Cc1ccccn1)c1nc(Sc2cccc(Cl)c2)c(C(C)C)[nH]1. The van der Waals surface area contributed by atoms with Crippen LogP contribution in [-0.4, -0.2) is 20.9 Å². The van der Waals surface area contributed by atoms with E-state index in [1.54, 1.807) is 6.20 Å². The van der Waals surface area contributed by atoms with Gasteiger partial charge >= 0.3 is 5.97 Å². The van der Waals surface area contributed by atoms with Gasteiger partial charge < -0.3 is 9.72 Å².